The largest absolute Gasteiger partial charge is 0.309 e. The number of fused-ring (bicyclic) bond motifs is 3. The van der Waals surface area contributed by atoms with Crippen LogP contribution in [0.1, 0.15) is 53.7 Å². The molecule has 2 aromatic heterocycles. The number of aryl methyl sites for hydroxylation is 1. The molecular weight excluding hydrogens is 418 g/mol. The normalized spacial score (nSPS) is 20.7. The predicted molar refractivity (Wildman–Crippen MR) is 128 cm³/mol. The highest BCUT2D eigenvalue weighted by Crippen LogP contribution is 2.36. The summed E-state index contributed by atoms with van der Waals surface area (Å²) in [4.78, 5) is 28.1. The second kappa shape index (κ2) is 8.78. The number of nitrogens with one attached hydrogen (secondary N) is 1. The number of hydrogen-bond acceptors (Lipinski definition) is 6. The number of benzene rings is 1. The third-order valence-corrected chi connectivity index (χ3v) is 8.17. The molecule has 3 heterocycles. The molecule has 0 bridgehead atoms. The van der Waals surface area contributed by atoms with Crippen molar-refractivity contribution in [3.8, 4) is 6.07 Å². The van der Waals surface area contributed by atoms with Crippen LogP contribution >= 0.6 is 11.3 Å². The highest BCUT2D eigenvalue weighted by atomic mass is 32.1. The molecule has 0 spiro atoms. The summed E-state index contributed by atoms with van der Waals surface area (Å²) in [6, 6.07) is 10.1. The molecule has 2 atom stereocenters. The Bertz CT molecular complexity index is 1210. The SMILES string of the molecule is CC1CCc2c(sc3nc(C(C)N4CCN(Cc5ccc(C#N)cc5)CC4)[nH]c(=O)c23)C1. The van der Waals surface area contributed by atoms with Crippen molar-refractivity contribution in [3.63, 3.8) is 0 Å². The molecule has 0 saturated carbocycles. The second-order valence-corrected chi connectivity index (χ2v) is 10.4. The zero-order valence-electron chi connectivity index (χ0n) is 18.7. The molecule has 2 aliphatic rings. The van der Waals surface area contributed by atoms with Crippen molar-refractivity contribution in [2.75, 3.05) is 26.2 Å². The molecule has 1 N–H and O–H groups in total. The first-order valence-corrected chi connectivity index (χ1v) is 12.3. The van der Waals surface area contributed by atoms with Crippen molar-refractivity contribution in [1.29, 1.82) is 5.26 Å². The number of hydrogen-bond donors (Lipinski definition) is 1. The lowest BCUT2D eigenvalue weighted by atomic mass is 9.89. The van der Waals surface area contributed by atoms with Gasteiger partial charge in [-0.15, -0.1) is 11.3 Å². The molecule has 0 radical (unpaired) electrons. The van der Waals surface area contributed by atoms with E-state index in [0.717, 1.165) is 68.0 Å². The van der Waals surface area contributed by atoms with E-state index in [0.29, 0.717) is 11.5 Å². The number of nitrogens with zero attached hydrogens (tertiary/aromatic N) is 4. The van der Waals surface area contributed by atoms with E-state index in [4.69, 9.17) is 10.2 Å². The van der Waals surface area contributed by atoms with E-state index in [1.165, 1.54) is 16.0 Å². The summed E-state index contributed by atoms with van der Waals surface area (Å²) in [5, 5.41) is 9.79. The Balaban J connectivity index is 1.27. The molecule has 5 rings (SSSR count). The summed E-state index contributed by atoms with van der Waals surface area (Å²) in [7, 11) is 0. The maximum absolute atomic E-state index is 13.0. The number of aromatic nitrogens is 2. The fourth-order valence-corrected chi connectivity index (χ4v) is 6.38. The Kier molecular flexibility index (Phi) is 5.85. The monoisotopic (exact) mass is 447 g/mol. The molecule has 1 saturated heterocycles. The Morgan fingerprint density at radius 3 is 2.72 bits per heavy atom. The van der Waals surface area contributed by atoms with E-state index >= 15 is 0 Å². The molecule has 2 unspecified atom stereocenters. The van der Waals surface area contributed by atoms with E-state index in [1.54, 1.807) is 11.3 Å². The average Bonchev–Trinajstić information content (AvgIpc) is 3.17. The Morgan fingerprint density at radius 2 is 2.00 bits per heavy atom. The van der Waals surface area contributed by atoms with Crippen molar-refractivity contribution in [1.82, 2.24) is 19.8 Å². The number of H-pyrrole nitrogens is 1. The maximum atomic E-state index is 13.0. The first-order chi connectivity index (χ1) is 15.5. The van der Waals surface area contributed by atoms with Gasteiger partial charge >= 0.3 is 0 Å². The Labute approximate surface area is 192 Å². The van der Waals surface area contributed by atoms with E-state index in [2.05, 4.69) is 34.7 Å². The van der Waals surface area contributed by atoms with Crippen molar-refractivity contribution in [2.45, 2.75) is 45.7 Å². The van der Waals surface area contributed by atoms with Gasteiger partial charge in [-0.1, -0.05) is 19.1 Å². The summed E-state index contributed by atoms with van der Waals surface area (Å²) in [5.74, 6) is 1.48. The summed E-state index contributed by atoms with van der Waals surface area (Å²) in [6.45, 7) is 9.17. The molecule has 0 amide bonds. The quantitative estimate of drug-likeness (QED) is 0.657. The van der Waals surface area contributed by atoms with Crippen LogP contribution in [-0.4, -0.2) is 45.9 Å². The van der Waals surface area contributed by atoms with E-state index in [9.17, 15) is 4.79 Å². The lowest BCUT2D eigenvalue weighted by Gasteiger charge is -2.37. The predicted octanol–water partition coefficient (Wildman–Crippen LogP) is 3.86. The van der Waals surface area contributed by atoms with Crippen molar-refractivity contribution >= 4 is 21.6 Å². The van der Waals surface area contributed by atoms with Gasteiger partial charge in [0.25, 0.3) is 5.56 Å². The average molecular weight is 448 g/mol. The highest BCUT2D eigenvalue weighted by molar-refractivity contribution is 7.18. The second-order valence-electron chi connectivity index (χ2n) is 9.28. The van der Waals surface area contributed by atoms with Crippen LogP contribution in [0.5, 0.6) is 0 Å². The van der Waals surface area contributed by atoms with Crippen LogP contribution < -0.4 is 5.56 Å². The van der Waals surface area contributed by atoms with Gasteiger partial charge in [0.2, 0.25) is 0 Å². The first-order valence-electron chi connectivity index (χ1n) is 11.5. The Morgan fingerprint density at radius 1 is 1.25 bits per heavy atom. The van der Waals surface area contributed by atoms with Gasteiger partial charge in [0.1, 0.15) is 10.7 Å². The number of aromatic amines is 1. The molecule has 7 heteroatoms. The molecule has 1 aliphatic heterocycles. The van der Waals surface area contributed by atoms with Crippen LogP contribution in [0.4, 0.5) is 0 Å². The molecule has 1 aliphatic carbocycles. The molecule has 3 aromatic rings. The minimum atomic E-state index is 0.0309. The zero-order chi connectivity index (χ0) is 22.2. The van der Waals surface area contributed by atoms with Gasteiger partial charge in [-0.05, 0) is 55.4 Å². The van der Waals surface area contributed by atoms with Gasteiger partial charge in [-0.2, -0.15) is 5.26 Å². The minimum Gasteiger partial charge on any atom is -0.309 e. The first kappa shape index (κ1) is 21.3. The third-order valence-electron chi connectivity index (χ3n) is 7.02. The van der Waals surface area contributed by atoms with Gasteiger partial charge < -0.3 is 4.98 Å². The van der Waals surface area contributed by atoms with E-state index < -0.39 is 0 Å². The number of piperazine rings is 1. The van der Waals surface area contributed by atoms with Gasteiger partial charge in [0.15, 0.2) is 0 Å². The standard InChI is InChI=1S/C25H29N5OS/c1-16-3-8-20-21(13-16)32-25-22(20)24(31)27-23(28-25)17(2)30-11-9-29(10-12-30)15-19-6-4-18(14-26)5-7-19/h4-7,16-17H,3,8-13,15H2,1-2H3,(H,27,28,31). The Hall–Kier alpha value is -2.53. The number of nitriles is 1. The number of rotatable bonds is 4. The summed E-state index contributed by atoms with van der Waals surface area (Å²) >= 11 is 1.72. The van der Waals surface area contributed by atoms with Crippen molar-refractivity contribution in [3.05, 3.63) is 62.0 Å². The fourth-order valence-electron chi connectivity index (χ4n) is 4.99. The van der Waals surface area contributed by atoms with E-state index in [-0.39, 0.29) is 11.6 Å². The number of thiophene rings is 1. The van der Waals surface area contributed by atoms with Gasteiger partial charge in [0.05, 0.1) is 23.1 Å². The smallest absolute Gasteiger partial charge is 0.259 e. The van der Waals surface area contributed by atoms with Gasteiger partial charge in [-0.25, -0.2) is 4.98 Å². The fraction of sp³-hybridized carbons (Fsp3) is 0.480. The minimum absolute atomic E-state index is 0.0309. The lowest BCUT2D eigenvalue weighted by molar-refractivity contribution is 0.0948. The van der Waals surface area contributed by atoms with E-state index in [1.807, 2.05) is 24.3 Å². The molecule has 6 nitrogen and oxygen atoms in total. The zero-order valence-corrected chi connectivity index (χ0v) is 19.5. The van der Waals surface area contributed by atoms with Crippen LogP contribution in [0.2, 0.25) is 0 Å². The van der Waals surface area contributed by atoms with Gasteiger partial charge in [0, 0.05) is 37.6 Å². The van der Waals surface area contributed by atoms with Crippen molar-refractivity contribution < 1.29 is 0 Å². The van der Waals surface area contributed by atoms with Crippen molar-refractivity contribution in [2.24, 2.45) is 5.92 Å². The topological polar surface area (TPSA) is 76.0 Å². The third kappa shape index (κ3) is 4.11. The molecule has 1 aromatic carbocycles. The van der Waals surface area contributed by atoms with Gasteiger partial charge in [-0.3, -0.25) is 14.6 Å². The highest BCUT2D eigenvalue weighted by Gasteiger charge is 2.27. The maximum Gasteiger partial charge on any atom is 0.259 e. The van der Waals surface area contributed by atoms with Crippen LogP contribution in [0.3, 0.4) is 0 Å². The van der Waals surface area contributed by atoms with Crippen LogP contribution in [-0.2, 0) is 19.4 Å². The summed E-state index contributed by atoms with van der Waals surface area (Å²) in [5.41, 5.74) is 3.21. The van der Waals surface area contributed by atoms with Crippen LogP contribution in [0.15, 0.2) is 29.1 Å². The van der Waals surface area contributed by atoms with Crippen LogP contribution in [0, 0.1) is 17.2 Å². The molecular formula is C25H29N5OS. The summed E-state index contributed by atoms with van der Waals surface area (Å²) < 4.78 is 0. The molecule has 166 valence electrons. The lowest BCUT2D eigenvalue weighted by Crippen LogP contribution is -2.47. The van der Waals surface area contributed by atoms with Crippen LogP contribution in [0.25, 0.3) is 10.2 Å². The molecule has 32 heavy (non-hydrogen) atoms. The summed E-state index contributed by atoms with van der Waals surface area (Å²) in [6.07, 6.45) is 3.22. The molecule has 1 fully saturated rings.